The number of hydrazine groups is 1. The Bertz CT molecular complexity index is 941. The molecule has 2 atom stereocenters. The van der Waals surface area contributed by atoms with Crippen LogP contribution in [0.5, 0.6) is 0 Å². The van der Waals surface area contributed by atoms with Crippen molar-refractivity contribution in [3.05, 3.63) is 45.5 Å². The van der Waals surface area contributed by atoms with E-state index < -0.39 is 17.9 Å². The molecule has 1 aliphatic carbocycles. The van der Waals surface area contributed by atoms with Crippen LogP contribution in [-0.4, -0.2) is 23.8 Å². The summed E-state index contributed by atoms with van der Waals surface area (Å²) in [6.07, 6.45) is 4.48. The number of carbonyl (C=O) groups is 3. The zero-order valence-electron chi connectivity index (χ0n) is 18.7. The molecule has 0 spiro atoms. The van der Waals surface area contributed by atoms with Gasteiger partial charge in [-0.05, 0) is 60.3 Å². The minimum Gasteiger partial charge on any atom is -0.459 e. The van der Waals surface area contributed by atoms with Crippen molar-refractivity contribution in [3.8, 4) is 0 Å². The molecule has 31 heavy (non-hydrogen) atoms. The molecular weight excluding hydrogens is 414 g/mol. The summed E-state index contributed by atoms with van der Waals surface area (Å²) in [5.41, 5.74) is 6.41. The van der Waals surface area contributed by atoms with Gasteiger partial charge < -0.3 is 9.73 Å². The van der Waals surface area contributed by atoms with Crippen molar-refractivity contribution >= 4 is 29.1 Å². The van der Waals surface area contributed by atoms with Gasteiger partial charge in [-0.25, -0.2) is 0 Å². The Morgan fingerprint density at radius 3 is 2.52 bits per heavy atom. The molecule has 8 heteroatoms. The van der Waals surface area contributed by atoms with Gasteiger partial charge in [0.2, 0.25) is 0 Å². The zero-order chi connectivity index (χ0) is 22.8. The highest BCUT2D eigenvalue weighted by atomic mass is 32.1. The SMILES string of the molecule is CC(C)C(NC(=O)c1ccco1)C(=O)NNC(=O)c1cc2c(s1)CCC(C(C)(C)C)C2. The molecular formula is C23H31N3O4S. The summed E-state index contributed by atoms with van der Waals surface area (Å²) in [5, 5.41) is 2.65. The van der Waals surface area contributed by atoms with Gasteiger partial charge >= 0.3 is 0 Å². The van der Waals surface area contributed by atoms with Gasteiger partial charge in [-0.3, -0.25) is 25.2 Å². The number of nitrogens with one attached hydrogen (secondary N) is 3. The number of rotatable bonds is 5. The second-order valence-corrected chi connectivity index (χ2v) is 10.6. The zero-order valence-corrected chi connectivity index (χ0v) is 19.5. The summed E-state index contributed by atoms with van der Waals surface area (Å²) in [6.45, 7) is 10.4. The molecule has 0 aliphatic heterocycles. The average molecular weight is 446 g/mol. The highest BCUT2D eigenvalue weighted by Crippen LogP contribution is 2.40. The maximum Gasteiger partial charge on any atom is 0.287 e. The lowest BCUT2D eigenvalue weighted by molar-refractivity contribution is -0.124. The predicted molar refractivity (Wildman–Crippen MR) is 120 cm³/mol. The van der Waals surface area contributed by atoms with Gasteiger partial charge in [0, 0.05) is 4.88 Å². The fraction of sp³-hybridized carbons (Fsp3) is 0.522. The average Bonchev–Trinajstić information content (AvgIpc) is 3.38. The van der Waals surface area contributed by atoms with Crippen LogP contribution in [0.2, 0.25) is 0 Å². The summed E-state index contributed by atoms with van der Waals surface area (Å²) in [7, 11) is 0. The number of carbonyl (C=O) groups excluding carboxylic acids is 3. The first-order chi connectivity index (χ1) is 14.6. The van der Waals surface area contributed by atoms with Crippen LogP contribution in [0.3, 0.4) is 0 Å². The number of fused-ring (bicyclic) bond motifs is 1. The quantitative estimate of drug-likeness (QED) is 0.611. The van der Waals surface area contributed by atoms with Crippen LogP contribution in [0.15, 0.2) is 28.9 Å². The van der Waals surface area contributed by atoms with Gasteiger partial charge in [-0.15, -0.1) is 11.3 Å². The highest BCUT2D eigenvalue weighted by molar-refractivity contribution is 7.14. The van der Waals surface area contributed by atoms with Crippen molar-refractivity contribution in [2.45, 2.75) is 59.9 Å². The van der Waals surface area contributed by atoms with E-state index >= 15 is 0 Å². The third kappa shape index (κ3) is 5.55. The van der Waals surface area contributed by atoms with E-state index in [4.69, 9.17) is 4.42 Å². The molecule has 0 saturated heterocycles. The lowest BCUT2D eigenvalue weighted by Crippen LogP contribution is -2.54. The Morgan fingerprint density at radius 2 is 1.90 bits per heavy atom. The first kappa shape index (κ1) is 23.1. The second-order valence-electron chi connectivity index (χ2n) is 9.48. The topological polar surface area (TPSA) is 100 Å². The molecule has 2 aromatic heterocycles. The number of thiophene rings is 1. The standard InChI is InChI=1S/C23H31N3O4S/c1-13(2)19(24-20(27)16-7-6-10-30-16)22(29)26-25-21(28)18-12-14-11-15(23(3,4)5)8-9-17(14)31-18/h6-7,10,12-13,15,19H,8-9,11H2,1-5H3,(H,24,27)(H,25,28)(H,26,29). The third-order valence-electron chi connectivity index (χ3n) is 5.81. The molecule has 0 radical (unpaired) electrons. The third-order valence-corrected chi connectivity index (χ3v) is 7.05. The van der Waals surface area contributed by atoms with E-state index in [0.29, 0.717) is 10.8 Å². The van der Waals surface area contributed by atoms with E-state index in [2.05, 4.69) is 36.9 Å². The summed E-state index contributed by atoms with van der Waals surface area (Å²) >= 11 is 1.49. The minimum absolute atomic E-state index is 0.125. The predicted octanol–water partition coefficient (Wildman–Crippen LogP) is 3.71. The van der Waals surface area contributed by atoms with Crippen LogP contribution >= 0.6 is 11.3 Å². The van der Waals surface area contributed by atoms with Gasteiger partial charge in [0.15, 0.2) is 5.76 Å². The molecule has 2 heterocycles. The van der Waals surface area contributed by atoms with Gasteiger partial charge in [0.05, 0.1) is 11.1 Å². The Morgan fingerprint density at radius 1 is 1.16 bits per heavy atom. The lowest BCUT2D eigenvalue weighted by atomic mass is 9.72. The molecule has 1 aliphatic rings. The second kappa shape index (κ2) is 9.26. The molecule has 0 saturated carbocycles. The number of furan rings is 1. The number of amides is 3. The van der Waals surface area contributed by atoms with Crippen LogP contribution in [0.25, 0.3) is 0 Å². The minimum atomic E-state index is -0.818. The Labute approximate surface area is 186 Å². The van der Waals surface area contributed by atoms with Gasteiger partial charge in [-0.1, -0.05) is 34.6 Å². The smallest absolute Gasteiger partial charge is 0.287 e. The molecule has 0 fully saturated rings. The molecule has 3 rings (SSSR count). The van der Waals surface area contributed by atoms with E-state index in [1.165, 1.54) is 34.1 Å². The Hall–Kier alpha value is -2.61. The largest absolute Gasteiger partial charge is 0.459 e. The molecule has 3 N–H and O–H groups in total. The molecule has 168 valence electrons. The van der Waals surface area contributed by atoms with E-state index in [1.807, 2.05) is 19.9 Å². The van der Waals surface area contributed by atoms with E-state index in [-0.39, 0.29) is 23.0 Å². The molecule has 3 amide bonds. The van der Waals surface area contributed by atoms with Crippen molar-refractivity contribution in [3.63, 3.8) is 0 Å². The van der Waals surface area contributed by atoms with E-state index in [1.54, 1.807) is 6.07 Å². The fourth-order valence-electron chi connectivity index (χ4n) is 3.79. The first-order valence-corrected chi connectivity index (χ1v) is 11.4. The molecule has 0 aromatic carbocycles. The normalized spacial score (nSPS) is 17.0. The van der Waals surface area contributed by atoms with Gasteiger partial charge in [-0.2, -0.15) is 0 Å². The van der Waals surface area contributed by atoms with Crippen molar-refractivity contribution in [2.75, 3.05) is 0 Å². The van der Waals surface area contributed by atoms with Crippen molar-refractivity contribution in [1.82, 2.24) is 16.2 Å². The molecule has 2 aromatic rings. The monoisotopic (exact) mass is 445 g/mol. The maximum absolute atomic E-state index is 12.6. The van der Waals surface area contributed by atoms with Crippen LogP contribution in [0, 0.1) is 17.3 Å². The van der Waals surface area contributed by atoms with Crippen LogP contribution < -0.4 is 16.2 Å². The van der Waals surface area contributed by atoms with E-state index in [9.17, 15) is 14.4 Å². The molecule has 2 unspecified atom stereocenters. The maximum atomic E-state index is 12.6. The van der Waals surface area contributed by atoms with Gasteiger partial charge in [0.1, 0.15) is 6.04 Å². The van der Waals surface area contributed by atoms with Crippen LogP contribution in [0.4, 0.5) is 0 Å². The number of aryl methyl sites for hydroxylation is 1. The van der Waals surface area contributed by atoms with Crippen molar-refractivity contribution < 1.29 is 18.8 Å². The van der Waals surface area contributed by atoms with Gasteiger partial charge in [0.25, 0.3) is 17.7 Å². The van der Waals surface area contributed by atoms with Crippen LogP contribution in [-0.2, 0) is 17.6 Å². The molecule has 0 bridgehead atoms. The summed E-state index contributed by atoms with van der Waals surface area (Å²) in [4.78, 5) is 39.3. The molecule has 7 nitrogen and oxygen atoms in total. The summed E-state index contributed by atoms with van der Waals surface area (Å²) in [5.74, 6) is -0.781. The number of hydrogen-bond acceptors (Lipinski definition) is 5. The number of hydrogen-bond donors (Lipinski definition) is 3. The lowest BCUT2D eigenvalue weighted by Gasteiger charge is -2.33. The van der Waals surface area contributed by atoms with Crippen molar-refractivity contribution in [1.29, 1.82) is 0 Å². The van der Waals surface area contributed by atoms with Crippen LogP contribution in [0.1, 0.15) is 71.7 Å². The summed E-state index contributed by atoms with van der Waals surface area (Å²) in [6, 6.07) is 4.25. The first-order valence-electron chi connectivity index (χ1n) is 10.6. The fourth-order valence-corrected chi connectivity index (χ4v) is 4.89. The Kier molecular flexibility index (Phi) is 6.89. The van der Waals surface area contributed by atoms with Crippen molar-refractivity contribution in [2.24, 2.45) is 17.3 Å². The summed E-state index contributed by atoms with van der Waals surface area (Å²) < 4.78 is 5.07. The van der Waals surface area contributed by atoms with E-state index in [0.717, 1.165) is 19.3 Å². The Balaban J connectivity index is 1.59. The highest BCUT2D eigenvalue weighted by Gasteiger charge is 2.31.